The van der Waals surface area contributed by atoms with Gasteiger partial charge in [-0.1, -0.05) is 27.7 Å². The van der Waals surface area contributed by atoms with Gasteiger partial charge in [-0.05, 0) is 35.1 Å². The summed E-state index contributed by atoms with van der Waals surface area (Å²) in [4.78, 5) is 12.4. The molecule has 3 N–H and O–H groups in total. The molecule has 0 saturated heterocycles. The van der Waals surface area contributed by atoms with Crippen LogP contribution in [0.15, 0.2) is 29.4 Å². The number of hydrogen-bond donors (Lipinski definition) is 3. The molecule has 10 heteroatoms. The van der Waals surface area contributed by atoms with E-state index in [-0.39, 0.29) is 11.8 Å². The molecule has 28 heavy (non-hydrogen) atoms. The minimum atomic E-state index is -4.24. The highest BCUT2D eigenvalue weighted by atomic mass is 32.2. The molecule has 1 aromatic carbocycles. The van der Waals surface area contributed by atoms with Crippen LogP contribution in [0.5, 0.6) is 0 Å². The standard InChI is InChI=1S/C18H24FN5O3S/c1-10(2)14-6-12(19)7-15(11(3)4)17(14)22-18(25)24-28(26,27)16-8-13(20-5)9-21-23-16/h6-11H,1-5H3,(H,20,23)(H2,22,24,25). The summed E-state index contributed by atoms with van der Waals surface area (Å²) in [5, 5.41) is 12.1. The maximum absolute atomic E-state index is 14.0. The lowest BCUT2D eigenvalue weighted by Crippen LogP contribution is -2.35. The average Bonchev–Trinajstić information content (AvgIpc) is 2.62. The Hall–Kier alpha value is -2.75. The molecule has 2 amide bonds. The van der Waals surface area contributed by atoms with Crippen molar-refractivity contribution in [1.82, 2.24) is 14.9 Å². The van der Waals surface area contributed by atoms with Crippen LogP contribution in [0.3, 0.4) is 0 Å². The van der Waals surface area contributed by atoms with Gasteiger partial charge in [0, 0.05) is 18.8 Å². The largest absolute Gasteiger partial charge is 0.387 e. The highest BCUT2D eigenvalue weighted by Gasteiger charge is 2.23. The molecule has 0 unspecified atom stereocenters. The summed E-state index contributed by atoms with van der Waals surface area (Å²) in [6, 6.07) is 2.96. The van der Waals surface area contributed by atoms with Crippen molar-refractivity contribution in [2.75, 3.05) is 17.7 Å². The maximum atomic E-state index is 14.0. The summed E-state index contributed by atoms with van der Waals surface area (Å²) in [6.07, 6.45) is 1.35. The zero-order chi connectivity index (χ0) is 21.1. The van der Waals surface area contributed by atoms with E-state index in [0.717, 1.165) is 0 Å². The number of urea groups is 1. The van der Waals surface area contributed by atoms with Crippen LogP contribution < -0.4 is 15.4 Å². The van der Waals surface area contributed by atoms with Crippen molar-refractivity contribution in [3.8, 4) is 0 Å². The third kappa shape index (κ3) is 4.94. The first kappa shape index (κ1) is 21.5. The van der Waals surface area contributed by atoms with Gasteiger partial charge in [0.2, 0.25) is 0 Å². The number of amides is 2. The van der Waals surface area contributed by atoms with Crippen molar-refractivity contribution in [2.45, 2.75) is 44.6 Å². The quantitative estimate of drug-likeness (QED) is 0.674. The van der Waals surface area contributed by atoms with E-state index in [1.54, 1.807) is 7.05 Å². The van der Waals surface area contributed by atoms with Gasteiger partial charge >= 0.3 is 6.03 Å². The number of nitrogens with zero attached hydrogens (tertiary/aromatic N) is 2. The van der Waals surface area contributed by atoms with Crippen molar-refractivity contribution in [2.24, 2.45) is 0 Å². The number of halogens is 1. The molecule has 0 spiro atoms. The molecule has 0 aliphatic carbocycles. The average molecular weight is 409 g/mol. The van der Waals surface area contributed by atoms with E-state index in [0.29, 0.717) is 22.5 Å². The molecule has 0 aliphatic heterocycles. The normalized spacial score (nSPS) is 11.6. The first-order valence-corrected chi connectivity index (χ1v) is 10.2. The van der Waals surface area contributed by atoms with Crippen molar-refractivity contribution in [3.63, 3.8) is 0 Å². The maximum Gasteiger partial charge on any atom is 0.333 e. The summed E-state index contributed by atoms with van der Waals surface area (Å²) in [6.45, 7) is 7.43. The molecule has 0 atom stereocenters. The molecule has 0 fully saturated rings. The number of sulfonamides is 1. The van der Waals surface area contributed by atoms with E-state index in [4.69, 9.17) is 0 Å². The third-order valence-electron chi connectivity index (χ3n) is 4.07. The SMILES string of the molecule is CNc1cnnc(S(=O)(=O)NC(=O)Nc2c(C(C)C)cc(F)cc2C(C)C)c1. The lowest BCUT2D eigenvalue weighted by atomic mass is 9.92. The zero-order valence-electron chi connectivity index (χ0n) is 16.4. The number of rotatable bonds is 6. The van der Waals surface area contributed by atoms with Crippen LogP contribution in [0.2, 0.25) is 0 Å². The summed E-state index contributed by atoms with van der Waals surface area (Å²) in [5.41, 5.74) is 1.98. The van der Waals surface area contributed by atoms with Gasteiger partial charge in [0.1, 0.15) is 5.82 Å². The van der Waals surface area contributed by atoms with Gasteiger partial charge in [-0.25, -0.2) is 13.9 Å². The summed E-state index contributed by atoms with van der Waals surface area (Å²) in [5.74, 6) is -0.582. The lowest BCUT2D eigenvalue weighted by molar-refractivity contribution is 0.256. The number of hydrogen-bond acceptors (Lipinski definition) is 6. The van der Waals surface area contributed by atoms with Crippen molar-refractivity contribution >= 4 is 27.4 Å². The molecule has 0 radical (unpaired) electrons. The minimum Gasteiger partial charge on any atom is -0.387 e. The lowest BCUT2D eigenvalue weighted by Gasteiger charge is -2.20. The Labute approximate surface area is 164 Å². The molecule has 2 rings (SSSR count). The summed E-state index contributed by atoms with van der Waals surface area (Å²) >= 11 is 0. The van der Waals surface area contributed by atoms with E-state index in [1.807, 2.05) is 32.4 Å². The topological polar surface area (TPSA) is 113 Å². The first-order valence-electron chi connectivity index (χ1n) is 8.72. The molecular weight excluding hydrogens is 385 g/mol. The van der Waals surface area contributed by atoms with Crippen LogP contribution in [-0.4, -0.2) is 31.7 Å². The van der Waals surface area contributed by atoms with Gasteiger partial charge in [0.15, 0.2) is 5.03 Å². The fourth-order valence-electron chi connectivity index (χ4n) is 2.63. The second-order valence-electron chi connectivity index (χ2n) is 6.86. The molecular formula is C18H24FN5O3S. The Balaban J connectivity index is 2.34. The van der Waals surface area contributed by atoms with E-state index in [1.165, 1.54) is 24.4 Å². The van der Waals surface area contributed by atoms with E-state index in [2.05, 4.69) is 20.8 Å². The first-order chi connectivity index (χ1) is 13.0. The minimum absolute atomic E-state index is 0.0849. The van der Waals surface area contributed by atoms with Crippen LogP contribution in [0.25, 0.3) is 0 Å². The van der Waals surface area contributed by atoms with Crippen molar-refractivity contribution < 1.29 is 17.6 Å². The molecule has 8 nitrogen and oxygen atoms in total. The summed E-state index contributed by atoms with van der Waals surface area (Å²) < 4.78 is 40.8. The van der Waals surface area contributed by atoms with E-state index < -0.39 is 26.9 Å². The molecule has 0 bridgehead atoms. The highest BCUT2D eigenvalue weighted by molar-refractivity contribution is 7.90. The Morgan fingerprint density at radius 3 is 2.14 bits per heavy atom. The van der Waals surface area contributed by atoms with Crippen LogP contribution in [0, 0.1) is 5.82 Å². The van der Waals surface area contributed by atoms with Crippen molar-refractivity contribution in [1.29, 1.82) is 0 Å². The Morgan fingerprint density at radius 2 is 1.64 bits per heavy atom. The fraction of sp³-hybridized carbons (Fsp3) is 0.389. The second-order valence-corrected chi connectivity index (χ2v) is 8.49. The van der Waals surface area contributed by atoms with Crippen LogP contribution in [0.1, 0.15) is 50.7 Å². The molecule has 152 valence electrons. The van der Waals surface area contributed by atoms with E-state index >= 15 is 0 Å². The summed E-state index contributed by atoms with van der Waals surface area (Å²) in [7, 11) is -2.64. The number of carbonyl (C=O) groups excluding carboxylic acids is 1. The van der Waals surface area contributed by atoms with Gasteiger partial charge in [-0.2, -0.15) is 13.5 Å². The van der Waals surface area contributed by atoms with Crippen LogP contribution in [-0.2, 0) is 10.0 Å². The predicted molar refractivity (Wildman–Crippen MR) is 105 cm³/mol. The van der Waals surface area contributed by atoms with Gasteiger partial charge in [0.25, 0.3) is 10.0 Å². The molecule has 0 saturated carbocycles. The van der Waals surface area contributed by atoms with Gasteiger partial charge in [0.05, 0.1) is 11.9 Å². The zero-order valence-corrected chi connectivity index (χ0v) is 17.2. The van der Waals surface area contributed by atoms with Crippen LogP contribution >= 0.6 is 0 Å². The third-order valence-corrected chi connectivity index (χ3v) is 5.27. The Morgan fingerprint density at radius 1 is 1.07 bits per heavy atom. The smallest absolute Gasteiger partial charge is 0.333 e. The second kappa shape index (κ2) is 8.51. The molecule has 1 heterocycles. The Kier molecular flexibility index (Phi) is 6.55. The molecule has 0 aliphatic rings. The van der Waals surface area contributed by atoms with Gasteiger partial charge in [-0.3, -0.25) is 0 Å². The number of benzene rings is 1. The number of aromatic nitrogens is 2. The number of carbonyl (C=O) groups is 1. The number of nitrogens with one attached hydrogen (secondary N) is 3. The van der Waals surface area contributed by atoms with Crippen molar-refractivity contribution in [3.05, 3.63) is 41.3 Å². The van der Waals surface area contributed by atoms with Gasteiger partial charge in [-0.15, -0.1) is 5.10 Å². The van der Waals surface area contributed by atoms with Crippen LogP contribution in [0.4, 0.5) is 20.6 Å². The number of anilines is 2. The van der Waals surface area contributed by atoms with Gasteiger partial charge < -0.3 is 10.6 Å². The fourth-order valence-corrected chi connectivity index (χ4v) is 3.47. The highest BCUT2D eigenvalue weighted by Crippen LogP contribution is 2.33. The Bertz CT molecular complexity index is 948. The predicted octanol–water partition coefficient (Wildman–Crippen LogP) is 3.41. The monoisotopic (exact) mass is 409 g/mol. The molecule has 1 aromatic heterocycles. The van der Waals surface area contributed by atoms with E-state index in [9.17, 15) is 17.6 Å². The molecule has 2 aromatic rings.